The van der Waals surface area contributed by atoms with Gasteiger partial charge in [-0.15, -0.1) is 0 Å². The lowest BCUT2D eigenvalue weighted by Crippen LogP contribution is -2.51. The highest BCUT2D eigenvalue weighted by Gasteiger charge is 2.36. The highest BCUT2D eigenvalue weighted by atomic mass is 19.4. The summed E-state index contributed by atoms with van der Waals surface area (Å²) in [4.78, 5) is 31.2. The molecule has 2 atom stereocenters. The minimum atomic E-state index is -4.54. The average Bonchev–Trinajstić information content (AvgIpc) is 2.87. The molecular weight excluding hydrogens is 480 g/mol. The summed E-state index contributed by atoms with van der Waals surface area (Å²) < 4.78 is 59.0. The molecule has 0 spiro atoms. The van der Waals surface area contributed by atoms with E-state index in [0.717, 1.165) is 6.42 Å². The van der Waals surface area contributed by atoms with E-state index in [0.29, 0.717) is 25.4 Å². The van der Waals surface area contributed by atoms with Crippen molar-refractivity contribution >= 4 is 11.9 Å². The van der Waals surface area contributed by atoms with E-state index in [-0.39, 0.29) is 41.1 Å². The number of hydrogen-bond donors (Lipinski definition) is 1. The number of piperidine rings is 1. The second-order valence-electron chi connectivity index (χ2n) is 8.44. The first-order chi connectivity index (χ1) is 17.2. The van der Waals surface area contributed by atoms with Gasteiger partial charge in [0.25, 0.3) is 5.91 Å². The van der Waals surface area contributed by atoms with Crippen LogP contribution in [0.2, 0.25) is 0 Å². The van der Waals surface area contributed by atoms with Gasteiger partial charge in [0.2, 0.25) is 5.95 Å². The van der Waals surface area contributed by atoms with Crippen molar-refractivity contribution in [2.45, 2.75) is 32.0 Å². The first-order valence-corrected chi connectivity index (χ1v) is 11.3. The van der Waals surface area contributed by atoms with E-state index in [1.54, 1.807) is 17.0 Å². The van der Waals surface area contributed by atoms with E-state index >= 15 is 4.39 Å². The molecule has 190 valence electrons. The highest BCUT2D eigenvalue weighted by molar-refractivity contribution is 6.01. The van der Waals surface area contributed by atoms with E-state index in [2.05, 4.69) is 25.3 Å². The lowest BCUT2D eigenvalue weighted by atomic mass is 9.89. The number of rotatable bonds is 6. The van der Waals surface area contributed by atoms with Gasteiger partial charge in [-0.1, -0.05) is 6.92 Å². The number of likely N-dealkylation sites (tertiary alicyclic amines) is 1. The number of carbonyl (C=O) groups is 1. The number of halogens is 4. The number of benzene rings is 1. The molecule has 8 nitrogen and oxygen atoms in total. The maximum absolute atomic E-state index is 15.5. The number of amides is 1. The Bertz CT molecular complexity index is 1210. The third kappa shape index (κ3) is 5.21. The van der Waals surface area contributed by atoms with Crippen LogP contribution < -0.4 is 10.1 Å². The Balaban J connectivity index is 1.63. The predicted molar refractivity (Wildman–Crippen MR) is 123 cm³/mol. The van der Waals surface area contributed by atoms with Crippen molar-refractivity contribution in [3.8, 4) is 17.1 Å². The Hall–Kier alpha value is -3.83. The van der Waals surface area contributed by atoms with Crippen molar-refractivity contribution in [1.82, 2.24) is 24.8 Å². The number of anilines is 1. The van der Waals surface area contributed by atoms with Crippen molar-refractivity contribution in [1.29, 1.82) is 0 Å². The first kappa shape index (κ1) is 25.3. The van der Waals surface area contributed by atoms with Crippen LogP contribution in [-0.4, -0.2) is 57.0 Å². The normalized spacial score (nSPS) is 18.1. The Morgan fingerprint density at radius 2 is 1.86 bits per heavy atom. The molecule has 2 aromatic heterocycles. The van der Waals surface area contributed by atoms with Gasteiger partial charge < -0.3 is 15.0 Å². The summed E-state index contributed by atoms with van der Waals surface area (Å²) >= 11 is 0. The molecule has 1 aromatic carbocycles. The minimum Gasteiger partial charge on any atom is -0.494 e. The Morgan fingerprint density at radius 3 is 2.50 bits per heavy atom. The number of carbonyl (C=O) groups excluding carboxylic acids is 1. The molecule has 0 radical (unpaired) electrons. The molecule has 4 rings (SSSR count). The SMILES string of the molecule is COc1ccc(-c2ncccn2)c(C(=O)N2CCCC(C)C2CNc2ncc(C(F)(F)F)cn2)c1F. The van der Waals surface area contributed by atoms with Gasteiger partial charge in [-0.3, -0.25) is 4.79 Å². The summed E-state index contributed by atoms with van der Waals surface area (Å²) in [6.45, 7) is 2.50. The Morgan fingerprint density at radius 1 is 1.17 bits per heavy atom. The lowest BCUT2D eigenvalue weighted by molar-refractivity contribution is -0.138. The molecule has 36 heavy (non-hydrogen) atoms. The number of ether oxygens (including phenoxy) is 1. The molecule has 12 heteroatoms. The van der Waals surface area contributed by atoms with Crippen molar-refractivity contribution in [2.24, 2.45) is 5.92 Å². The Kier molecular flexibility index (Phi) is 7.32. The summed E-state index contributed by atoms with van der Waals surface area (Å²) in [5.74, 6) is -1.24. The minimum absolute atomic E-state index is 0.000826. The molecule has 1 fully saturated rings. The fraction of sp³-hybridized carbons (Fsp3) is 0.375. The van der Waals surface area contributed by atoms with Crippen LogP contribution in [0.5, 0.6) is 5.75 Å². The molecular formula is C24H24F4N6O2. The van der Waals surface area contributed by atoms with E-state index in [9.17, 15) is 18.0 Å². The van der Waals surface area contributed by atoms with Crippen LogP contribution in [-0.2, 0) is 6.18 Å². The van der Waals surface area contributed by atoms with Gasteiger partial charge in [-0.05, 0) is 37.0 Å². The van der Waals surface area contributed by atoms with E-state index < -0.39 is 29.5 Å². The molecule has 1 N–H and O–H groups in total. The number of hydrogen-bond acceptors (Lipinski definition) is 7. The molecule has 1 aliphatic rings. The zero-order valence-electron chi connectivity index (χ0n) is 19.6. The quantitative estimate of drug-likeness (QED) is 0.496. The van der Waals surface area contributed by atoms with Crippen molar-refractivity contribution in [2.75, 3.05) is 25.5 Å². The monoisotopic (exact) mass is 504 g/mol. The number of methoxy groups -OCH3 is 1. The van der Waals surface area contributed by atoms with Crippen LogP contribution in [0.3, 0.4) is 0 Å². The van der Waals surface area contributed by atoms with Crippen molar-refractivity contribution in [3.05, 3.63) is 59.9 Å². The van der Waals surface area contributed by atoms with Gasteiger partial charge in [0.05, 0.1) is 24.3 Å². The maximum Gasteiger partial charge on any atom is 0.419 e. The van der Waals surface area contributed by atoms with E-state index in [4.69, 9.17) is 4.74 Å². The maximum atomic E-state index is 15.5. The standard InChI is InChI=1S/C24H24F4N6O2/c1-14-5-3-10-34(17(14)13-33-23-31-11-15(12-32-23)24(26,27)28)22(35)19-16(21-29-8-4-9-30-21)6-7-18(36-2)20(19)25/h4,6-9,11-12,14,17H,3,5,10,13H2,1-2H3,(H,31,32,33). The van der Waals surface area contributed by atoms with Crippen molar-refractivity contribution in [3.63, 3.8) is 0 Å². The molecule has 3 aromatic rings. The zero-order valence-corrected chi connectivity index (χ0v) is 19.6. The first-order valence-electron chi connectivity index (χ1n) is 11.3. The van der Waals surface area contributed by atoms with Crippen molar-refractivity contribution < 1.29 is 27.1 Å². The van der Waals surface area contributed by atoms with Gasteiger partial charge in [-0.2, -0.15) is 13.2 Å². The molecule has 1 saturated heterocycles. The summed E-state index contributed by atoms with van der Waals surface area (Å²) in [6.07, 6.45) is 1.38. The zero-order chi connectivity index (χ0) is 25.9. The van der Waals surface area contributed by atoms with Gasteiger partial charge in [-0.25, -0.2) is 24.3 Å². The van der Waals surface area contributed by atoms with Crippen LogP contribution in [0.15, 0.2) is 43.0 Å². The highest BCUT2D eigenvalue weighted by Crippen LogP contribution is 2.33. The molecule has 1 amide bonds. The van der Waals surface area contributed by atoms with Gasteiger partial charge in [0.15, 0.2) is 17.4 Å². The summed E-state index contributed by atoms with van der Waals surface area (Å²) in [5.41, 5.74) is -0.930. The number of alkyl halides is 3. The molecule has 1 aliphatic heterocycles. The average molecular weight is 504 g/mol. The van der Waals surface area contributed by atoms with E-state index in [1.807, 2.05) is 6.92 Å². The third-order valence-corrected chi connectivity index (χ3v) is 6.17. The van der Waals surface area contributed by atoms with Crippen LogP contribution in [0.4, 0.5) is 23.5 Å². The largest absolute Gasteiger partial charge is 0.494 e. The second-order valence-corrected chi connectivity index (χ2v) is 8.44. The molecule has 2 unspecified atom stereocenters. The molecule has 0 aliphatic carbocycles. The van der Waals surface area contributed by atoms with Gasteiger partial charge in [0, 0.05) is 43.4 Å². The Labute approximate surface area is 204 Å². The van der Waals surface area contributed by atoms with Crippen LogP contribution in [0.25, 0.3) is 11.4 Å². The van der Waals surface area contributed by atoms with Gasteiger partial charge >= 0.3 is 6.18 Å². The van der Waals surface area contributed by atoms with Crippen LogP contribution in [0.1, 0.15) is 35.7 Å². The summed E-state index contributed by atoms with van der Waals surface area (Å²) in [5, 5.41) is 2.92. The van der Waals surface area contributed by atoms with Gasteiger partial charge in [0.1, 0.15) is 0 Å². The fourth-order valence-electron chi connectivity index (χ4n) is 4.27. The second kappa shape index (κ2) is 10.4. The third-order valence-electron chi connectivity index (χ3n) is 6.17. The summed E-state index contributed by atoms with van der Waals surface area (Å²) in [6, 6.07) is 4.17. The summed E-state index contributed by atoms with van der Waals surface area (Å²) in [7, 11) is 1.31. The number of nitrogens with one attached hydrogen (secondary N) is 1. The molecule has 0 bridgehead atoms. The molecule has 3 heterocycles. The number of nitrogens with zero attached hydrogens (tertiary/aromatic N) is 5. The van der Waals surface area contributed by atoms with E-state index in [1.165, 1.54) is 25.6 Å². The predicted octanol–water partition coefficient (Wildman–Crippen LogP) is 4.45. The van der Waals surface area contributed by atoms with Crippen LogP contribution in [0, 0.1) is 11.7 Å². The topological polar surface area (TPSA) is 93.1 Å². The smallest absolute Gasteiger partial charge is 0.419 e. The molecule has 0 saturated carbocycles. The number of aromatic nitrogens is 4. The van der Waals surface area contributed by atoms with Crippen LogP contribution >= 0.6 is 0 Å². The fourth-order valence-corrected chi connectivity index (χ4v) is 4.27. The lowest BCUT2D eigenvalue weighted by Gasteiger charge is -2.40.